The van der Waals surface area contributed by atoms with E-state index >= 15 is 0 Å². The summed E-state index contributed by atoms with van der Waals surface area (Å²) in [6.45, 7) is -0.263. The molecule has 0 aromatic rings. The van der Waals surface area contributed by atoms with Gasteiger partial charge in [-0.05, 0) is 0 Å². The van der Waals surface area contributed by atoms with Crippen LogP contribution in [0.15, 0.2) is 11.8 Å². The first-order valence-electron chi connectivity index (χ1n) is 8.70. The van der Waals surface area contributed by atoms with E-state index in [1.54, 1.807) is 0 Å². The van der Waals surface area contributed by atoms with Crippen molar-refractivity contribution in [3.63, 3.8) is 0 Å². The zero-order chi connectivity index (χ0) is 19.3. The Balaban J connectivity index is 1.57. The fraction of sp³-hybridized carbons (Fsp3) is 0.812. The predicted octanol–water partition coefficient (Wildman–Crippen LogP) is -3.26. The van der Waals surface area contributed by atoms with Crippen molar-refractivity contribution in [2.75, 3.05) is 19.8 Å². The normalized spacial score (nSPS) is 49.5. The summed E-state index contributed by atoms with van der Waals surface area (Å²) in [6.07, 6.45) is -7.79. The molecule has 4 rings (SSSR count). The van der Waals surface area contributed by atoms with E-state index in [4.69, 9.17) is 23.7 Å². The van der Waals surface area contributed by atoms with Crippen molar-refractivity contribution in [2.24, 2.45) is 5.92 Å². The number of carbonyl (C=O) groups is 1. The number of carbonyl (C=O) groups excluding carboxylic acids is 1. The van der Waals surface area contributed by atoms with Gasteiger partial charge in [0.05, 0.1) is 38.1 Å². The molecule has 0 saturated carbocycles. The SMILES string of the molecule is O=C1OCCC2(O)C1=COC(OC1OC(CO)C(O)C(O)C1O)C2C1CO1. The topological polar surface area (TPSA) is 168 Å². The van der Waals surface area contributed by atoms with E-state index in [0.29, 0.717) is 6.61 Å². The fourth-order valence-electron chi connectivity index (χ4n) is 3.80. The van der Waals surface area contributed by atoms with Crippen LogP contribution in [-0.4, -0.2) is 100 Å². The van der Waals surface area contributed by atoms with E-state index in [1.165, 1.54) is 0 Å². The quantitative estimate of drug-likeness (QED) is 0.241. The minimum atomic E-state index is -1.62. The molecule has 0 aromatic carbocycles. The smallest absolute Gasteiger partial charge is 0.340 e. The highest BCUT2D eigenvalue weighted by Gasteiger charge is 2.60. The number of epoxide rings is 1. The van der Waals surface area contributed by atoms with Gasteiger partial charge in [-0.3, -0.25) is 0 Å². The summed E-state index contributed by atoms with van der Waals surface area (Å²) in [5.41, 5.74) is -1.64. The van der Waals surface area contributed by atoms with Crippen LogP contribution in [0.3, 0.4) is 0 Å². The summed E-state index contributed by atoms with van der Waals surface area (Å²) in [5.74, 6) is -1.50. The molecule has 11 nitrogen and oxygen atoms in total. The van der Waals surface area contributed by atoms with Crippen LogP contribution >= 0.6 is 0 Å². The van der Waals surface area contributed by atoms with Crippen LogP contribution < -0.4 is 0 Å². The molecule has 0 amide bonds. The van der Waals surface area contributed by atoms with Gasteiger partial charge in [0.2, 0.25) is 6.29 Å². The van der Waals surface area contributed by atoms with Crippen LogP contribution in [0.5, 0.6) is 0 Å². The van der Waals surface area contributed by atoms with Gasteiger partial charge in [-0.25, -0.2) is 4.79 Å². The number of rotatable bonds is 4. The van der Waals surface area contributed by atoms with Gasteiger partial charge in [0.1, 0.15) is 35.6 Å². The number of hydrogen-bond acceptors (Lipinski definition) is 11. The molecule has 27 heavy (non-hydrogen) atoms. The van der Waals surface area contributed by atoms with Gasteiger partial charge < -0.3 is 49.2 Å². The Bertz CT molecular complexity index is 617. The number of ether oxygens (including phenoxy) is 5. The van der Waals surface area contributed by atoms with Crippen LogP contribution in [0.4, 0.5) is 0 Å². The third-order valence-corrected chi connectivity index (χ3v) is 5.44. The maximum absolute atomic E-state index is 12.0. The number of hydrogen-bond donors (Lipinski definition) is 5. The molecule has 0 aromatic heterocycles. The Morgan fingerprint density at radius 3 is 2.59 bits per heavy atom. The standard InChI is InChI=1S/C16H22O11/c17-3-7-10(18)11(19)12(20)15(26-7)27-14-9(8-5-24-8)16(22)1-2-23-13(21)6(16)4-25-14/h4,7-12,14-15,17-20,22H,1-3,5H2. The molecule has 11 heteroatoms. The largest absolute Gasteiger partial charge is 0.471 e. The fourth-order valence-corrected chi connectivity index (χ4v) is 3.80. The molecule has 0 radical (unpaired) electrons. The molecule has 4 aliphatic rings. The summed E-state index contributed by atoms with van der Waals surface area (Å²) in [6, 6.07) is 0. The number of fused-ring (bicyclic) bond motifs is 1. The van der Waals surface area contributed by atoms with E-state index in [-0.39, 0.29) is 18.6 Å². The van der Waals surface area contributed by atoms with Crippen molar-refractivity contribution in [1.82, 2.24) is 0 Å². The second-order valence-corrected chi connectivity index (χ2v) is 7.08. The van der Waals surface area contributed by atoms with Gasteiger partial charge >= 0.3 is 5.97 Å². The Morgan fingerprint density at radius 1 is 1.19 bits per heavy atom. The average Bonchev–Trinajstić information content (AvgIpc) is 3.46. The minimum Gasteiger partial charge on any atom is -0.471 e. The van der Waals surface area contributed by atoms with Crippen LogP contribution in [0, 0.1) is 5.92 Å². The van der Waals surface area contributed by atoms with Crippen LogP contribution in [0.25, 0.3) is 0 Å². The van der Waals surface area contributed by atoms with E-state index in [1.807, 2.05) is 0 Å². The van der Waals surface area contributed by atoms with Crippen LogP contribution in [0.1, 0.15) is 6.42 Å². The molecule has 0 bridgehead atoms. The highest BCUT2D eigenvalue weighted by atomic mass is 16.8. The van der Waals surface area contributed by atoms with Crippen LogP contribution in [-0.2, 0) is 28.5 Å². The lowest BCUT2D eigenvalue weighted by Gasteiger charge is -2.47. The minimum absolute atomic E-state index is 0.0165. The summed E-state index contributed by atoms with van der Waals surface area (Å²) < 4.78 is 26.7. The second-order valence-electron chi connectivity index (χ2n) is 7.08. The summed E-state index contributed by atoms with van der Waals surface area (Å²) in [7, 11) is 0. The van der Waals surface area contributed by atoms with E-state index in [2.05, 4.69) is 0 Å². The molecule has 3 saturated heterocycles. The molecule has 0 spiro atoms. The highest BCUT2D eigenvalue weighted by molar-refractivity contribution is 5.91. The van der Waals surface area contributed by atoms with Gasteiger partial charge in [-0.15, -0.1) is 0 Å². The zero-order valence-electron chi connectivity index (χ0n) is 14.2. The predicted molar refractivity (Wildman–Crippen MR) is 81.6 cm³/mol. The highest BCUT2D eigenvalue weighted by Crippen LogP contribution is 2.46. The molecule has 3 fully saturated rings. The van der Waals surface area contributed by atoms with Crippen molar-refractivity contribution in [3.05, 3.63) is 11.8 Å². The van der Waals surface area contributed by atoms with E-state index < -0.39 is 67.2 Å². The Kier molecular flexibility index (Phi) is 4.89. The third-order valence-electron chi connectivity index (χ3n) is 5.44. The molecular formula is C16H22O11. The van der Waals surface area contributed by atoms with E-state index in [0.717, 1.165) is 6.26 Å². The van der Waals surface area contributed by atoms with Crippen LogP contribution in [0.2, 0.25) is 0 Å². The molecular weight excluding hydrogens is 368 g/mol. The zero-order valence-corrected chi connectivity index (χ0v) is 14.2. The monoisotopic (exact) mass is 390 g/mol. The Morgan fingerprint density at radius 2 is 1.93 bits per heavy atom. The lowest BCUT2D eigenvalue weighted by molar-refractivity contribution is -0.348. The van der Waals surface area contributed by atoms with Gasteiger partial charge in [0, 0.05) is 6.42 Å². The van der Waals surface area contributed by atoms with Crippen molar-refractivity contribution >= 4 is 5.97 Å². The van der Waals surface area contributed by atoms with Crippen molar-refractivity contribution in [2.45, 2.75) is 55.1 Å². The first-order valence-corrected chi connectivity index (χ1v) is 8.70. The Hall–Kier alpha value is -1.31. The summed E-state index contributed by atoms with van der Waals surface area (Å²) in [5, 5.41) is 50.3. The van der Waals surface area contributed by atoms with Gasteiger partial charge in [-0.1, -0.05) is 0 Å². The maximum Gasteiger partial charge on any atom is 0.340 e. The van der Waals surface area contributed by atoms with Crippen molar-refractivity contribution in [3.8, 4) is 0 Å². The first-order chi connectivity index (χ1) is 12.9. The average molecular weight is 390 g/mol. The molecule has 0 aliphatic carbocycles. The van der Waals surface area contributed by atoms with Gasteiger partial charge in [-0.2, -0.15) is 0 Å². The molecule has 152 valence electrons. The summed E-state index contributed by atoms with van der Waals surface area (Å²) in [4.78, 5) is 12.0. The maximum atomic E-state index is 12.0. The van der Waals surface area contributed by atoms with Crippen molar-refractivity contribution < 1.29 is 54.0 Å². The van der Waals surface area contributed by atoms with E-state index in [9.17, 15) is 30.3 Å². The first kappa shape index (κ1) is 19.0. The van der Waals surface area contributed by atoms with Gasteiger partial charge in [0.25, 0.3) is 0 Å². The number of aliphatic hydroxyl groups excluding tert-OH is 4. The molecule has 9 unspecified atom stereocenters. The Labute approximate surface area is 153 Å². The van der Waals surface area contributed by atoms with Crippen molar-refractivity contribution in [1.29, 1.82) is 0 Å². The molecule has 5 N–H and O–H groups in total. The summed E-state index contributed by atoms with van der Waals surface area (Å²) >= 11 is 0. The molecule has 4 heterocycles. The number of aliphatic hydroxyl groups is 5. The molecule has 9 atom stereocenters. The second kappa shape index (κ2) is 6.94. The molecule has 4 aliphatic heterocycles. The number of esters is 1. The third kappa shape index (κ3) is 3.13. The number of cyclic esters (lactones) is 1. The lowest BCUT2D eigenvalue weighted by Crippen LogP contribution is -2.62. The van der Waals surface area contributed by atoms with Gasteiger partial charge in [0.15, 0.2) is 6.29 Å². The lowest BCUT2D eigenvalue weighted by atomic mass is 9.74.